The molecule has 0 saturated carbocycles. The summed E-state index contributed by atoms with van der Waals surface area (Å²) in [5, 5.41) is 0.148. The molecule has 0 radical (unpaired) electrons. The lowest BCUT2D eigenvalue weighted by Gasteiger charge is -2.27. The van der Waals surface area contributed by atoms with Gasteiger partial charge in [-0.3, -0.25) is 0 Å². The van der Waals surface area contributed by atoms with E-state index in [2.05, 4.69) is 10.4 Å². The summed E-state index contributed by atoms with van der Waals surface area (Å²) in [6.45, 7) is 4.35. The molecule has 0 aliphatic rings. The van der Waals surface area contributed by atoms with Crippen LogP contribution in [0.5, 0.6) is 0 Å². The molecule has 21 heavy (non-hydrogen) atoms. The van der Waals surface area contributed by atoms with Gasteiger partial charge in [0.05, 0.1) is 11.6 Å². The van der Waals surface area contributed by atoms with Gasteiger partial charge in [-0.2, -0.15) is 4.31 Å². The maximum absolute atomic E-state index is 12.7. The van der Waals surface area contributed by atoms with E-state index in [1.54, 1.807) is 0 Å². The number of hydrogen-bond acceptors (Lipinski definition) is 6. The number of aromatic nitrogens is 1. The largest absolute Gasteiger partial charge is 0.383 e. The van der Waals surface area contributed by atoms with Crippen LogP contribution in [-0.4, -0.2) is 44.0 Å². The Kier molecular flexibility index (Phi) is 6.82. The molecule has 0 amide bonds. The van der Waals surface area contributed by atoms with Crippen molar-refractivity contribution < 1.29 is 13.2 Å². The molecule has 0 aliphatic carbocycles. The number of ether oxygens (including phenoxy) is 1. The van der Waals surface area contributed by atoms with E-state index < -0.39 is 10.0 Å². The zero-order valence-corrected chi connectivity index (χ0v) is 13.9. The molecule has 1 heterocycles. The SMILES string of the molecule is CCC(C)N(CCOC)S(=O)(=O)c1cnc(NN)c(Cl)c1. The number of nitrogen functional groups attached to an aromatic ring is 1. The number of nitrogens with two attached hydrogens (primary N) is 1. The van der Waals surface area contributed by atoms with Crippen molar-refractivity contribution in [1.29, 1.82) is 0 Å². The van der Waals surface area contributed by atoms with Crippen LogP contribution in [0.25, 0.3) is 0 Å². The fourth-order valence-electron chi connectivity index (χ4n) is 1.77. The number of pyridine rings is 1. The Bertz CT molecular complexity index is 568. The van der Waals surface area contributed by atoms with Gasteiger partial charge in [-0.05, 0) is 19.4 Å². The lowest BCUT2D eigenvalue weighted by Crippen LogP contribution is -2.40. The van der Waals surface area contributed by atoms with Crippen molar-refractivity contribution in [2.24, 2.45) is 5.84 Å². The van der Waals surface area contributed by atoms with Crippen LogP contribution in [0.1, 0.15) is 20.3 Å². The molecule has 0 fully saturated rings. The first-order valence-corrected chi connectivity index (χ1v) is 8.33. The predicted octanol–water partition coefficient (Wildman–Crippen LogP) is 1.46. The molecule has 0 aliphatic heterocycles. The highest BCUT2D eigenvalue weighted by Gasteiger charge is 2.28. The number of methoxy groups -OCH3 is 1. The molecule has 7 nitrogen and oxygen atoms in total. The van der Waals surface area contributed by atoms with Crippen LogP contribution in [0.3, 0.4) is 0 Å². The average Bonchev–Trinajstić information content (AvgIpc) is 2.46. The molecule has 9 heteroatoms. The molecule has 120 valence electrons. The molecular weight excluding hydrogens is 316 g/mol. The third-order valence-corrected chi connectivity index (χ3v) is 5.42. The zero-order valence-electron chi connectivity index (χ0n) is 12.3. The molecule has 1 atom stereocenters. The molecule has 0 aromatic carbocycles. The second kappa shape index (κ2) is 7.90. The van der Waals surface area contributed by atoms with Gasteiger partial charge in [-0.15, -0.1) is 0 Å². The van der Waals surface area contributed by atoms with Gasteiger partial charge < -0.3 is 10.2 Å². The Morgan fingerprint density at radius 2 is 2.24 bits per heavy atom. The van der Waals surface area contributed by atoms with Crippen molar-refractivity contribution in [1.82, 2.24) is 9.29 Å². The van der Waals surface area contributed by atoms with Crippen LogP contribution in [0, 0.1) is 0 Å². The van der Waals surface area contributed by atoms with Gasteiger partial charge in [0.2, 0.25) is 10.0 Å². The first-order valence-electron chi connectivity index (χ1n) is 6.51. The van der Waals surface area contributed by atoms with Gasteiger partial charge in [0.1, 0.15) is 4.90 Å². The first-order chi connectivity index (χ1) is 9.88. The fraction of sp³-hybridized carbons (Fsp3) is 0.583. The van der Waals surface area contributed by atoms with Gasteiger partial charge in [-0.1, -0.05) is 18.5 Å². The Morgan fingerprint density at radius 3 is 2.71 bits per heavy atom. The highest BCUT2D eigenvalue weighted by atomic mass is 35.5. The average molecular weight is 337 g/mol. The van der Waals surface area contributed by atoms with E-state index in [0.717, 1.165) is 0 Å². The molecule has 1 aromatic heterocycles. The Labute approximate surface area is 130 Å². The van der Waals surface area contributed by atoms with Gasteiger partial charge >= 0.3 is 0 Å². The zero-order chi connectivity index (χ0) is 16.0. The normalized spacial score (nSPS) is 13.4. The van der Waals surface area contributed by atoms with Gasteiger partial charge in [-0.25, -0.2) is 19.2 Å². The second-order valence-electron chi connectivity index (χ2n) is 4.51. The molecular formula is C12H21ClN4O3S. The number of hydrazine groups is 1. The van der Waals surface area contributed by atoms with Crippen molar-refractivity contribution in [2.45, 2.75) is 31.2 Å². The lowest BCUT2D eigenvalue weighted by atomic mass is 10.3. The van der Waals surface area contributed by atoms with Crippen LogP contribution in [0.15, 0.2) is 17.2 Å². The molecule has 0 saturated heterocycles. The van der Waals surface area contributed by atoms with Gasteiger partial charge in [0, 0.05) is 25.9 Å². The van der Waals surface area contributed by atoms with E-state index in [0.29, 0.717) is 13.0 Å². The molecule has 3 N–H and O–H groups in total. The quantitative estimate of drug-likeness (QED) is 0.551. The minimum Gasteiger partial charge on any atom is -0.383 e. The Hall–Kier alpha value is -0.930. The second-order valence-corrected chi connectivity index (χ2v) is 6.81. The van der Waals surface area contributed by atoms with Crippen LogP contribution >= 0.6 is 11.6 Å². The summed E-state index contributed by atoms with van der Waals surface area (Å²) >= 11 is 5.95. The molecule has 0 spiro atoms. The molecule has 0 bridgehead atoms. The van der Waals surface area contributed by atoms with Gasteiger partial charge in [0.15, 0.2) is 5.82 Å². The maximum Gasteiger partial charge on any atom is 0.244 e. The smallest absolute Gasteiger partial charge is 0.244 e. The third kappa shape index (κ3) is 4.27. The third-order valence-electron chi connectivity index (χ3n) is 3.16. The lowest BCUT2D eigenvalue weighted by molar-refractivity contribution is 0.167. The van der Waals surface area contributed by atoms with Crippen molar-refractivity contribution in [2.75, 3.05) is 25.7 Å². The first kappa shape index (κ1) is 18.1. The number of rotatable bonds is 8. The number of hydrogen-bond donors (Lipinski definition) is 2. The summed E-state index contributed by atoms with van der Waals surface area (Å²) in [5.41, 5.74) is 2.30. The van der Waals surface area contributed by atoms with Crippen molar-refractivity contribution >= 4 is 27.4 Å². The number of nitrogens with zero attached hydrogens (tertiary/aromatic N) is 2. The van der Waals surface area contributed by atoms with Crippen LogP contribution in [0.2, 0.25) is 5.02 Å². The maximum atomic E-state index is 12.7. The topological polar surface area (TPSA) is 97.5 Å². The molecule has 1 unspecified atom stereocenters. The summed E-state index contributed by atoms with van der Waals surface area (Å²) in [6.07, 6.45) is 1.92. The van der Waals surface area contributed by atoms with Crippen molar-refractivity contribution in [3.05, 3.63) is 17.3 Å². The standard InChI is InChI=1S/C12H21ClN4O3S/c1-4-9(2)17(5-6-20-3)21(18,19)10-7-11(13)12(16-14)15-8-10/h7-9H,4-6,14H2,1-3H3,(H,15,16). The monoisotopic (exact) mass is 336 g/mol. The highest BCUT2D eigenvalue weighted by molar-refractivity contribution is 7.89. The summed E-state index contributed by atoms with van der Waals surface area (Å²) in [4.78, 5) is 3.94. The van der Waals surface area contributed by atoms with E-state index in [9.17, 15) is 8.42 Å². The van der Waals surface area contributed by atoms with Crippen LogP contribution < -0.4 is 11.3 Å². The van der Waals surface area contributed by atoms with Crippen molar-refractivity contribution in [3.8, 4) is 0 Å². The van der Waals surface area contributed by atoms with Crippen LogP contribution in [0.4, 0.5) is 5.82 Å². The molecule has 1 aromatic rings. The van der Waals surface area contributed by atoms with E-state index >= 15 is 0 Å². The van der Waals surface area contributed by atoms with Gasteiger partial charge in [0.25, 0.3) is 0 Å². The summed E-state index contributed by atoms with van der Waals surface area (Å²) in [7, 11) is -2.17. The summed E-state index contributed by atoms with van der Waals surface area (Å²) in [6, 6.07) is 1.18. The fourth-order valence-corrected chi connectivity index (χ4v) is 3.71. The minimum absolute atomic E-state index is 0.0305. The number of anilines is 1. The summed E-state index contributed by atoms with van der Waals surface area (Å²) in [5.74, 6) is 5.46. The Morgan fingerprint density at radius 1 is 1.57 bits per heavy atom. The minimum atomic E-state index is -3.69. The number of halogens is 1. The molecule has 1 rings (SSSR count). The number of sulfonamides is 1. The van der Waals surface area contributed by atoms with Crippen molar-refractivity contribution in [3.63, 3.8) is 0 Å². The predicted molar refractivity (Wildman–Crippen MR) is 82.6 cm³/mol. The van der Waals surface area contributed by atoms with E-state index in [1.165, 1.54) is 23.7 Å². The summed E-state index contributed by atoms with van der Waals surface area (Å²) < 4.78 is 31.8. The Balaban J connectivity index is 3.18. The van der Waals surface area contributed by atoms with E-state index in [1.807, 2.05) is 13.8 Å². The van der Waals surface area contributed by atoms with Crippen LogP contribution in [-0.2, 0) is 14.8 Å². The van der Waals surface area contributed by atoms with E-state index in [-0.39, 0.29) is 28.3 Å². The number of nitrogens with one attached hydrogen (secondary N) is 1. The van der Waals surface area contributed by atoms with E-state index in [4.69, 9.17) is 22.2 Å². The highest BCUT2D eigenvalue weighted by Crippen LogP contribution is 2.25.